The highest BCUT2D eigenvalue weighted by molar-refractivity contribution is 6.47. The second-order valence-electron chi connectivity index (χ2n) is 6.75. The van der Waals surface area contributed by atoms with Crippen molar-refractivity contribution in [2.24, 2.45) is 4.99 Å². The van der Waals surface area contributed by atoms with E-state index >= 15 is 0 Å². The predicted molar refractivity (Wildman–Crippen MR) is 100 cm³/mol. The molecule has 6 nitrogen and oxygen atoms in total. The van der Waals surface area contributed by atoms with Gasteiger partial charge in [-0.3, -0.25) is 14.6 Å². The van der Waals surface area contributed by atoms with Gasteiger partial charge in [-0.1, -0.05) is 0 Å². The van der Waals surface area contributed by atoms with Gasteiger partial charge in [-0.25, -0.2) is 8.78 Å². The topological polar surface area (TPSA) is 71.0 Å². The second-order valence-corrected chi connectivity index (χ2v) is 6.75. The number of carbonyl (C=O) groups is 2. The van der Waals surface area contributed by atoms with E-state index in [9.17, 15) is 18.4 Å². The van der Waals surface area contributed by atoms with Crippen LogP contribution in [0.2, 0.25) is 0 Å². The third-order valence-electron chi connectivity index (χ3n) is 4.36. The van der Waals surface area contributed by atoms with Crippen LogP contribution in [0.25, 0.3) is 0 Å². The minimum absolute atomic E-state index is 0.220. The Balaban J connectivity index is 1.76. The number of benzene rings is 2. The van der Waals surface area contributed by atoms with E-state index in [1.165, 1.54) is 12.0 Å². The summed E-state index contributed by atoms with van der Waals surface area (Å²) in [5, 5.41) is 2.29. The summed E-state index contributed by atoms with van der Waals surface area (Å²) in [6.45, 7) is 3.03. The summed E-state index contributed by atoms with van der Waals surface area (Å²) in [4.78, 5) is 30.9. The number of rotatable bonds is 5. The number of anilines is 1. The third kappa shape index (κ3) is 3.85. The highest BCUT2D eigenvalue weighted by atomic mass is 19.1. The summed E-state index contributed by atoms with van der Waals surface area (Å²) in [6, 6.07) is 9.58. The summed E-state index contributed by atoms with van der Waals surface area (Å²) in [5.41, 5.74) is -0.439. The fraction of sp³-hybridized carbons (Fsp3) is 0.250. The van der Waals surface area contributed by atoms with Gasteiger partial charge in [0.1, 0.15) is 35.3 Å². The summed E-state index contributed by atoms with van der Waals surface area (Å²) in [6.07, 6.45) is 0. The van der Waals surface area contributed by atoms with Crippen molar-refractivity contribution in [3.05, 3.63) is 59.7 Å². The highest BCUT2D eigenvalue weighted by Gasteiger charge is 2.41. The molecule has 1 aliphatic heterocycles. The first-order valence-electron chi connectivity index (χ1n) is 8.52. The van der Waals surface area contributed by atoms with E-state index in [2.05, 4.69) is 10.3 Å². The number of aliphatic imine (C=N–C) groups is 1. The Hall–Kier alpha value is -3.29. The molecule has 0 atom stereocenters. The van der Waals surface area contributed by atoms with Crippen LogP contribution in [0, 0.1) is 11.6 Å². The molecule has 0 unspecified atom stereocenters. The maximum atomic E-state index is 13.7. The molecule has 0 aromatic heterocycles. The lowest BCUT2D eigenvalue weighted by Gasteiger charge is -2.28. The van der Waals surface area contributed by atoms with Gasteiger partial charge in [0, 0.05) is 11.6 Å². The van der Waals surface area contributed by atoms with E-state index in [4.69, 9.17) is 4.74 Å². The molecule has 0 radical (unpaired) electrons. The van der Waals surface area contributed by atoms with Crippen molar-refractivity contribution < 1.29 is 23.1 Å². The number of ether oxygens (including phenoxy) is 1. The number of nitrogens with zero attached hydrogens (tertiary/aromatic N) is 2. The van der Waals surface area contributed by atoms with Gasteiger partial charge >= 0.3 is 0 Å². The maximum absolute atomic E-state index is 13.7. The van der Waals surface area contributed by atoms with Crippen LogP contribution in [0.3, 0.4) is 0 Å². The van der Waals surface area contributed by atoms with E-state index in [1.807, 2.05) is 0 Å². The molecule has 0 saturated heterocycles. The van der Waals surface area contributed by atoms with Crippen molar-refractivity contribution in [1.82, 2.24) is 4.90 Å². The molecule has 1 N–H and O–H groups in total. The molecule has 0 saturated carbocycles. The zero-order valence-corrected chi connectivity index (χ0v) is 15.6. The number of amides is 2. The lowest BCUT2D eigenvalue weighted by Crippen LogP contribution is -2.46. The number of hydrogen-bond acceptors (Lipinski definition) is 4. The molecule has 0 spiro atoms. The van der Waals surface area contributed by atoms with Crippen molar-refractivity contribution in [2.45, 2.75) is 19.5 Å². The highest BCUT2D eigenvalue weighted by Crippen LogP contribution is 2.27. The molecule has 2 aromatic rings. The molecule has 8 heteroatoms. The molecule has 0 bridgehead atoms. The molecule has 146 valence electrons. The van der Waals surface area contributed by atoms with Crippen LogP contribution in [0.15, 0.2) is 47.5 Å². The van der Waals surface area contributed by atoms with E-state index in [0.29, 0.717) is 11.3 Å². The zero-order chi connectivity index (χ0) is 20.5. The SMILES string of the molecule is COc1ccc(C2=NC(C)(C)N(CC(=O)Nc3cc(F)ccc3F)C2=O)cc1. The second kappa shape index (κ2) is 7.38. The van der Waals surface area contributed by atoms with Crippen molar-refractivity contribution in [1.29, 1.82) is 0 Å². The van der Waals surface area contributed by atoms with Crippen molar-refractivity contribution in [3.63, 3.8) is 0 Å². The molecule has 2 amide bonds. The lowest BCUT2D eigenvalue weighted by molar-refractivity contribution is -0.131. The van der Waals surface area contributed by atoms with Gasteiger partial charge in [-0.2, -0.15) is 0 Å². The molecule has 28 heavy (non-hydrogen) atoms. The fourth-order valence-corrected chi connectivity index (χ4v) is 2.89. The van der Waals surface area contributed by atoms with Gasteiger partial charge in [-0.05, 0) is 50.2 Å². The summed E-state index contributed by atoms with van der Waals surface area (Å²) in [7, 11) is 1.54. The minimum atomic E-state index is -0.968. The van der Waals surface area contributed by atoms with Crippen LogP contribution < -0.4 is 10.1 Å². The van der Waals surface area contributed by atoms with Gasteiger partial charge in [-0.15, -0.1) is 0 Å². The number of carbonyl (C=O) groups excluding carboxylic acids is 2. The molecule has 3 rings (SSSR count). The first kappa shape index (κ1) is 19.5. The predicted octanol–water partition coefficient (Wildman–Crippen LogP) is 2.98. The average molecular weight is 387 g/mol. The number of hydrogen-bond donors (Lipinski definition) is 1. The van der Waals surface area contributed by atoms with E-state index in [-0.39, 0.29) is 17.9 Å². The first-order chi connectivity index (χ1) is 13.2. The molecular formula is C20H19F2N3O3. The van der Waals surface area contributed by atoms with E-state index in [1.54, 1.807) is 38.1 Å². The van der Waals surface area contributed by atoms with Crippen LogP contribution in [0.1, 0.15) is 19.4 Å². The normalized spacial score (nSPS) is 15.4. The van der Waals surface area contributed by atoms with Crippen molar-refractivity contribution in [3.8, 4) is 5.75 Å². The Labute approximate surface area is 160 Å². The monoisotopic (exact) mass is 387 g/mol. The van der Waals surface area contributed by atoms with Gasteiger partial charge < -0.3 is 15.0 Å². The number of methoxy groups -OCH3 is 1. The zero-order valence-electron chi connectivity index (χ0n) is 15.6. The Morgan fingerprint density at radius 1 is 1.18 bits per heavy atom. The average Bonchev–Trinajstić information content (AvgIpc) is 2.88. The minimum Gasteiger partial charge on any atom is -0.497 e. The van der Waals surface area contributed by atoms with Crippen molar-refractivity contribution >= 4 is 23.2 Å². The van der Waals surface area contributed by atoms with E-state index < -0.39 is 29.1 Å². The number of nitrogens with one attached hydrogen (secondary N) is 1. The fourth-order valence-electron chi connectivity index (χ4n) is 2.89. The Morgan fingerprint density at radius 3 is 2.50 bits per heavy atom. The van der Waals surface area contributed by atoms with Crippen molar-refractivity contribution in [2.75, 3.05) is 19.0 Å². The van der Waals surface area contributed by atoms with Gasteiger partial charge in [0.05, 0.1) is 12.8 Å². The smallest absolute Gasteiger partial charge is 0.275 e. The Bertz CT molecular complexity index is 956. The molecule has 1 aliphatic rings. The van der Waals surface area contributed by atoms with Gasteiger partial charge in [0.2, 0.25) is 5.91 Å². The van der Waals surface area contributed by atoms with Crippen LogP contribution in [0.5, 0.6) is 5.75 Å². The van der Waals surface area contributed by atoms with Crippen LogP contribution in [-0.4, -0.2) is 41.7 Å². The Morgan fingerprint density at radius 2 is 1.86 bits per heavy atom. The van der Waals surface area contributed by atoms with Gasteiger partial charge in [0.25, 0.3) is 5.91 Å². The molecule has 2 aromatic carbocycles. The van der Waals surface area contributed by atoms with E-state index in [0.717, 1.165) is 18.2 Å². The molecular weight excluding hydrogens is 368 g/mol. The summed E-state index contributed by atoms with van der Waals surface area (Å²) >= 11 is 0. The largest absolute Gasteiger partial charge is 0.497 e. The summed E-state index contributed by atoms with van der Waals surface area (Å²) < 4.78 is 32.1. The van der Waals surface area contributed by atoms with Crippen LogP contribution in [0.4, 0.5) is 14.5 Å². The van der Waals surface area contributed by atoms with Crippen LogP contribution >= 0.6 is 0 Å². The molecule has 0 aliphatic carbocycles. The van der Waals surface area contributed by atoms with Gasteiger partial charge in [0.15, 0.2) is 0 Å². The quantitative estimate of drug-likeness (QED) is 0.858. The molecule has 1 heterocycles. The number of halogens is 2. The summed E-state index contributed by atoms with van der Waals surface area (Å²) in [5.74, 6) is -1.89. The first-order valence-corrected chi connectivity index (χ1v) is 8.52. The Kier molecular flexibility index (Phi) is 5.13. The maximum Gasteiger partial charge on any atom is 0.275 e. The molecule has 0 fully saturated rings. The lowest BCUT2D eigenvalue weighted by atomic mass is 10.1. The van der Waals surface area contributed by atoms with Crippen LogP contribution in [-0.2, 0) is 9.59 Å². The third-order valence-corrected chi connectivity index (χ3v) is 4.36. The standard InChI is InChI=1S/C20H19F2N3O3/c1-20(2)24-18(12-4-7-14(28-3)8-5-12)19(27)25(20)11-17(26)23-16-10-13(21)6-9-15(16)22/h4-10H,11H2,1-3H3,(H,23,26).